The van der Waals surface area contributed by atoms with Crippen molar-refractivity contribution in [2.75, 3.05) is 40.6 Å². The summed E-state index contributed by atoms with van der Waals surface area (Å²) in [6.45, 7) is 5.90. The van der Waals surface area contributed by atoms with E-state index in [1.165, 1.54) is 19.3 Å². The number of carbonyl (C=O) groups is 8. The van der Waals surface area contributed by atoms with E-state index >= 15 is 0 Å². The number of aryl methyl sites for hydroxylation is 1. The monoisotopic (exact) mass is 1110 g/mol. The van der Waals surface area contributed by atoms with Crippen LogP contribution in [-0.4, -0.2) is 96.4 Å². The van der Waals surface area contributed by atoms with Crippen LogP contribution in [0.1, 0.15) is 122 Å². The molecule has 0 saturated carbocycles. The van der Waals surface area contributed by atoms with Crippen molar-refractivity contribution in [3.8, 4) is 17.2 Å². The van der Waals surface area contributed by atoms with E-state index in [0.717, 1.165) is 39.4 Å². The van der Waals surface area contributed by atoms with Gasteiger partial charge < -0.3 is 35.1 Å². The number of hydrogen-bond acceptors (Lipinski definition) is 13. The summed E-state index contributed by atoms with van der Waals surface area (Å²) in [5.41, 5.74) is 8.52. The highest BCUT2D eigenvalue weighted by molar-refractivity contribution is 6.15. The van der Waals surface area contributed by atoms with E-state index < -0.39 is 17.9 Å². The molecule has 0 aromatic heterocycles. The number of unbranched alkanes of at least 4 members (excludes halogenated alkanes) is 1. The standard InChI is InChI=1S/C62H63N7O11.2CH4/c1-36-22-47-49(63-32-44-27-41-12-5-8-16-51(41)68(44)61(47)76)30-54(36)79-34-39-24-40(35-80-56-31-50-48(29-55(56)78-4)62(77)69-45(33-64-50)28-42-13-6-9-17-52(42)69)26-43(25-39)66-60(75)37(2)23-53(71)38(3)65-57(72)18-10-7-14-46(70)15-11-21-67-58(73)19-20-59(67)74;;/h5-6,8-9,12-13,16-17,19-20,22,24-26,29-31,33,37-38,44-45,63H,7,10-11,14-15,18,21,23,27-28,32,34-35H2,1-4H3,(H,65,72)(H,66,75);2*1H4/t37?,38?,44-,45-;;/m0../s1. The first-order valence-corrected chi connectivity index (χ1v) is 27.2. The van der Waals surface area contributed by atoms with E-state index in [1.54, 1.807) is 49.2 Å². The number of fused-ring (bicyclic) bond motifs is 8. The van der Waals surface area contributed by atoms with Crippen molar-refractivity contribution in [3.63, 3.8) is 0 Å². The van der Waals surface area contributed by atoms with Gasteiger partial charge in [0.05, 0.1) is 47.7 Å². The highest BCUT2D eigenvalue weighted by Gasteiger charge is 2.39. The van der Waals surface area contributed by atoms with E-state index in [4.69, 9.17) is 19.2 Å². The number of rotatable bonds is 22. The normalized spacial score (nSPS) is 16.8. The molecule has 18 heteroatoms. The first-order chi connectivity index (χ1) is 38.6. The largest absolute Gasteiger partial charge is 0.493 e. The van der Waals surface area contributed by atoms with Gasteiger partial charge in [0.25, 0.3) is 23.6 Å². The average Bonchev–Trinajstić information content (AvgIpc) is 3.05. The molecule has 0 saturated heterocycles. The lowest BCUT2D eigenvalue weighted by Crippen LogP contribution is -2.39. The van der Waals surface area contributed by atoms with Crippen LogP contribution >= 0.6 is 0 Å². The maximum atomic E-state index is 14.1. The zero-order chi connectivity index (χ0) is 56.2. The van der Waals surface area contributed by atoms with Crippen LogP contribution in [0.25, 0.3) is 0 Å². The zero-order valence-corrected chi connectivity index (χ0v) is 45.2. The molecule has 0 bridgehead atoms. The maximum Gasteiger partial charge on any atom is 0.261 e. The second-order valence-electron chi connectivity index (χ2n) is 21.1. The number of imide groups is 1. The summed E-state index contributed by atoms with van der Waals surface area (Å²) in [6, 6.07) is 27.1. The van der Waals surface area contributed by atoms with Gasteiger partial charge in [0.2, 0.25) is 11.8 Å². The van der Waals surface area contributed by atoms with Gasteiger partial charge in [0.15, 0.2) is 17.3 Å². The Morgan fingerprint density at radius 1 is 0.720 bits per heavy atom. The molecule has 0 spiro atoms. The van der Waals surface area contributed by atoms with E-state index in [2.05, 4.69) is 22.0 Å². The predicted molar refractivity (Wildman–Crippen MR) is 314 cm³/mol. The molecule has 18 nitrogen and oxygen atoms in total. The second kappa shape index (κ2) is 25.7. The Balaban J connectivity index is 0.00000440. The number of anilines is 4. The molecule has 0 radical (unpaired) electrons. The van der Waals surface area contributed by atoms with Crippen LogP contribution < -0.4 is 40.0 Å². The third-order valence-electron chi connectivity index (χ3n) is 15.3. The summed E-state index contributed by atoms with van der Waals surface area (Å²) in [5.74, 6) is -1.73. The minimum atomic E-state index is -0.865. The van der Waals surface area contributed by atoms with E-state index in [-0.39, 0.29) is 113 Å². The van der Waals surface area contributed by atoms with Gasteiger partial charge in [0, 0.05) is 98.7 Å². The lowest BCUT2D eigenvalue weighted by Gasteiger charge is -2.22. The lowest BCUT2D eigenvalue weighted by atomic mass is 9.99. The van der Waals surface area contributed by atoms with Gasteiger partial charge in [-0.05, 0) is 110 Å². The molecule has 6 amide bonds. The molecule has 5 heterocycles. The lowest BCUT2D eigenvalue weighted by molar-refractivity contribution is -0.137. The quantitative estimate of drug-likeness (QED) is 0.0435. The fourth-order valence-electron chi connectivity index (χ4n) is 11.0. The molecule has 0 fully saturated rings. The Morgan fingerprint density at radius 2 is 1.35 bits per heavy atom. The fourth-order valence-corrected chi connectivity index (χ4v) is 11.0. The van der Waals surface area contributed by atoms with E-state index in [1.807, 2.05) is 72.5 Å². The molecule has 428 valence electrons. The molecular weight excluding hydrogens is 1040 g/mol. The number of aliphatic imine (C=N–C) groups is 1. The van der Waals surface area contributed by atoms with Crippen LogP contribution in [0.3, 0.4) is 0 Å². The number of Topliss-reactive ketones (excluding diaryl/α,β-unsaturated/α-hetero) is 2. The van der Waals surface area contributed by atoms with Gasteiger partial charge in [-0.25, -0.2) is 0 Å². The van der Waals surface area contributed by atoms with Gasteiger partial charge in [-0.2, -0.15) is 0 Å². The molecular formula is C64H71N7O11. The number of hydrogen-bond donors (Lipinski definition) is 3. The molecule has 10 rings (SSSR count). The van der Waals surface area contributed by atoms with Crippen molar-refractivity contribution in [2.45, 2.75) is 125 Å². The average molecular weight is 1110 g/mol. The Hall–Kier alpha value is -8.93. The van der Waals surface area contributed by atoms with Crippen molar-refractivity contribution in [2.24, 2.45) is 10.9 Å². The maximum absolute atomic E-state index is 14.1. The number of nitrogens with zero attached hydrogens (tertiary/aromatic N) is 4. The summed E-state index contributed by atoms with van der Waals surface area (Å²) in [4.78, 5) is 114. The molecule has 4 atom stereocenters. The van der Waals surface area contributed by atoms with Gasteiger partial charge in [0.1, 0.15) is 24.7 Å². The van der Waals surface area contributed by atoms with Gasteiger partial charge in [-0.3, -0.25) is 53.1 Å². The molecule has 5 aromatic rings. The first kappa shape index (κ1) is 59.2. The van der Waals surface area contributed by atoms with Crippen molar-refractivity contribution < 1.29 is 52.6 Å². The number of ether oxygens (including phenoxy) is 3. The topological polar surface area (TPSA) is 222 Å². The number of para-hydroxylation sites is 2. The SMILES string of the molecule is C.C.COc1cc2c(cc1OCc1cc(COc3cc4c(cc3C)C(=O)N3c5ccccc5C[C@H]3CN4)cc(NC(=O)C(C)CC(=O)C(C)NC(=O)CCCCC(=O)CCCN3C(=O)C=CC3=O)c1)N=C[C@@H]1Cc3ccccc3N1C2=O. The highest BCUT2D eigenvalue weighted by Crippen LogP contribution is 2.42. The third-order valence-corrected chi connectivity index (χ3v) is 15.3. The number of methoxy groups -OCH3 is 1. The van der Waals surface area contributed by atoms with Crippen LogP contribution in [-0.2, 0) is 54.8 Å². The molecule has 2 unspecified atom stereocenters. The zero-order valence-electron chi connectivity index (χ0n) is 45.2. The van der Waals surface area contributed by atoms with Crippen molar-refractivity contribution in [1.82, 2.24) is 10.2 Å². The van der Waals surface area contributed by atoms with Crippen molar-refractivity contribution in [1.29, 1.82) is 0 Å². The highest BCUT2D eigenvalue weighted by atomic mass is 16.5. The number of nitrogens with one attached hydrogen (secondary N) is 3. The summed E-state index contributed by atoms with van der Waals surface area (Å²) >= 11 is 0. The molecule has 0 aliphatic carbocycles. The number of carbonyl (C=O) groups excluding carboxylic acids is 8. The summed E-state index contributed by atoms with van der Waals surface area (Å²) in [5, 5.41) is 9.20. The van der Waals surface area contributed by atoms with Crippen LogP contribution in [0.4, 0.5) is 28.4 Å². The van der Waals surface area contributed by atoms with Gasteiger partial charge >= 0.3 is 0 Å². The van der Waals surface area contributed by atoms with Crippen molar-refractivity contribution >= 4 is 81.7 Å². The number of benzene rings is 5. The molecule has 5 aliphatic rings. The van der Waals surface area contributed by atoms with Crippen LogP contribution in [0, 0.1) is 12.8 Å². The smallest absolute Gasteiger partial charge is 0.261 e. The molecule has 82 heavy (non-hydrogen) atoms. The third kappa shape index (κ3) is 12.8. The fraction of sp³-hybridized carbons (Fsp3) is 0.359. The summed E-state index contributed by atoms with van der Waals surface area (Å²) < 4.78 is 18.7. The molecule has 5 aliphatic heterocycles. The van der Waals surface area contributed by atoms with Crippen molar-refractivity contribution in [3.05, 3.63) is 142 Å². The number of amides is 6. The van der Waals surface area contributed by atoms with Crippen LogP contribution in [0.15, 0.2) is 108 Å². The Labute approximate surface area is 478 Å². The van der Waals surface area contributed by atoms with Gasteiger partial charge in [-0.15, -0.1) is 0 Å². The molecule has 5 aromatic carbocycles. The summed E-state index contributed by atoms with van der Waals surface area (Å²) in [6.07, 6.45) is 7.28. The minimum Gasteiger partial charge on any atom is -0.493 e. The number of ketones is 2. The predicted octanol–water partition coefficient (Wildman–Crippen LogP) is 9.59. The van der Waals surface area contributed by atoms with Gasteiger partial charge in [-0.1, -0.05) is 58.2 Å². The Morgan fingerprint density at radius 3 is 2.06 bits per heavy atom. The van der Waals surface area contributed by atoms with E-state index in [0.29, 0.717) is 88.8 Å². The molecule has 3 N–H and O–H groups in total. The summed E-state index contributed by atoms with van der Waals surface area (Å²) in [7, 11) is 1.50. The Bertz CT molecular complexity index is 3390. The Kier molecular flexibility index (Phi) is 18.5. The van der Waals surface area contributed by atoms with Crippen LogP contribution in [0.5, 0.6) is 17.2 Å². The first-order valence-electron chi connectivity index (χ1n) is 27.2. The van der Waals surface area contributed by atoms with E-state index in [9.17, 15) is 38.4 Å². The minimum absolute atomic E-state index is 0. The second-order valence-corrected chi connectivity index (χ2v) is 21.1. The van der Waals surface area contributed by atoms with Crippen LogP contribution in [0.2, 0.25) is 0 Å².